The van der Waals surface area contributed by atoms with Crippen molar-refractivity contribution in [3.63, 3.8) is 0 Å². The van der Waals surface area contributed by atoms with Gasteiger partial charge in [-0.15, -0.1) is 0 Å². The molecular weight excluding hydrogens is 148 g/mol. The van der Waals surface area contributed by atoms with E-state index >= 15 is 0 Å². The molecule has 0 saturated carbocycles. The van der Waals surface area contributed by atoms with E-state index in [1.165, 1.54) is 0 Å². The highest BCUT2D eigenvalue weighted by Gasteiger charge is 1.95. The van der Waals surface area contributed by atoms with Crippen LogP contribution in [-0.4, -0.2) is 6.61 Å². The Bertz CT molecular complexity index is 263. The monoisotopic (exact) mass is 161 g/mol. The van der Waals surface area contributed by atoms with Crippen LogP contribution in [0, 0.1) is 6.92 Å². The van der Waals surface area contributed by atoms with Crippen molar-refractivity contribution in [3.8, 4) is 5.75 Å². The molecule has 0 aromatic heterocycles. The van der Waals surface area contributed by atoms with Gasteiger partial charge in [-0.1, -0.05) is 30.4 Å². The van der Waals surface area contributed by atoms with Crippen molar-refractivity contribution in [1.29, 1.82) is 0 Å². The average Bonchev–Trinajstić information content (AvgIpc) is 2.09. The summed E-state index contributed by atoms with van der Waals surface area (Å²) in [4.78, 5) is 0. The van der Waals surface area contributed by atoms with Crippen LogP contribution < -0.4 is 4.74 Å². The molecule has 12 heavy (non-hydrogen) atoms. The van der Waals surface area contributed by atoms with Gasteiger partial charge in [0.25, 0.3) is 0 Å². The maximum Gasteiger partial charge on any atom is 0.126 e. The fraction of sp³-hybridized carbons (Fsp3) is 0.182. The molecule has 0 saturated heterocycles. The zero-order valence-electron chi connectivity index (χ0n) is 7.29. The molecule has 0 heterocycles. The Hall–Kier alpha value is -1.24. The summed E-state index contributed by atoms with van der Waals surface area (Å²) in [5, 5.41) is 0. The molecule has 0 amide bonds. The molecule has 1 radical (unpaired) electrons. The summed E-state index contributed by atoms with van der Waals surface area (Å²) in [6.07, 6.45) is 3.70. The van der Waals surface area contributed by atoms with Crippen molar-refractivity contribution in [2.45, 2.75) is 6.92 Å². The normalized spacial score (nSPS) is 10.5. The van der Waals surface area contributed by atoms with Gasteiger partial charge in [-0.3, -0.25) is 0 Å². The van der Waals surface area contributed by atoms with E-state index in [0.717, 1.165) is 11.3 Å². The van der Waals surface area contributed by atoms with Crippen LogP contribution in [0.25, 0.3) is 6.08 Å². The number of allylic oxidation sites excluding steroid dienone is 1. The second-order valence-corrected chi connectivity index (χ2v) is 2.37. The number of hydrogen-bond acceptors (Lipinski definition) is 1. The minimum atomic E-state index is 0.696. The largest absolute Gasteiger partial charge is 0.493 e. The molecule has 0 N–H and O–H groups in total. The molecule has 0 atom stereocenters. The van der Waals surface area contributed by atoms with Crippen molar-refractivity contribution in [2.24, 2.45) is 0 Å². The Morgan fingerprint density at radius 2 is 2.17 bits per heavy atom. The molecule has 1 aromatic carbocycles. The summed E-state index contributed by atoms with van der Waals surface area (Å²) in [5.74, 6) is 0.917. The van der Waals surface area contributed by atoms with Crippen LogP contribution in [0.1, 0.15) is 12.5 Å². The average molecular weight is 161 g/mol. The molecule has 0 aliphatic rings. The number of benzene rings is 1. The fourth-order valence-electron chi connectivity index (χ4n) is 1.03. The van der Waals surface area contributed by atoms with Gasteiger partial charge < -0.3 is 4.74 Å². The first-order valence-corrected chi connectivity index (χ1v) is 4.06. The van der Waals surface area contributed by atoms with Crippen molar-refractivity contribution in [1.82, 2.24) is 0 Å². The quantitative estimate of drug-likeness (QED) is 0.662. The second-order valence-electron chi connectivity index (χ2n) is 2.37. The molecule has 0 aliphatic carbocycles. The predicted octanol–water partition coefficient (Wildman–Crippen LogP) is 2.93. The second kappa shape index (κ2) is 4.60. The molecule has 0 unspecified atom stereocenters. The van der Waals surface area contributed by atoms with E-state index in [2.05, 4.69) is 6.92 Å². The standard InChI is InChI=1S/C11H13O/c1-3-7-10-8-5-6-9-11(10)12-4-2/h3,5-9H,1,4H2,2H3/b7-3+. The number of hydrogen-bond donors (Lipinski definition) is 0. The van der Waals surface area contributed by atoms with Crippen molar-refractivity contribution in [2.75, 3.05) is 6.61 Å². The zero-order chi connectivity index (χ0) is 8.81. The molecule has 0 bridgehead atoms. The summed E-state index contributed by atoms with van der Waals surface area (Å²) in [6, 6.07) is 7.91. The van der Waals surface area contributed by atoms with Gasteiger partial charge in [-0.2, -0.15) is 0 Å². The Morgan fingerprint density at radius 1 is 1.42 bits per heavy atom. The SMILES string of the molecule is [CH2]/C=C/c1ccccc1OCC. The molecule has 63 valence electrons. The summed E-state index contributed by atoms with van der Waals surface area (Å²) in [6.45, 7) is 6.32. The summed E-state index contributed by atoms with van der Waals surface area (Å²) >= 11 is 0. The predicted molar refractivity (Wildman–Crippen MR) is 52.0 cm³/mol. The Balaban J connectivity index is 2.91. The molecular formula is C11H13O. The molecule has 1 rings (SSSR count). The smallest absolute Gasteiger partial charge is 0.126 e. The van der Waals surface area contributed by atoms with Crippen molar-refractivity contribution >= 4 is 6.08 Å². The molecule has 1 aromatic rings. The van der Waals surface area contributed by atoms with E-state index in [-0.39, 0.29) is 0 Å². The lowest BCUT2D eigenvalue weighted by molar-refractivity contribution is 0.339. The highest BCUT2D eigenvalue weighted by Crippen LogP contribution is 2.18. The highest BCUT2D eigenvalue weighted by atomic mass is 16.5. The van der Waals surface area contributed by atoms with E-state index in [4.69, 9.17) is 4.74 Å². The lowest BCUT2D eigenvalue weighted by Gasteiger charge is -2.05. The molecule has 0 fully saturated rings. The summed E-state index contributed by atoms with van der Waals surface area (Å²) in [5.41, 5.74) is 1.08. The summed E-state index contributed by atoms with van der Waals surface area (Å²) in [7, 11) is 0. The van der Waals surface area contributed by atoms with Gasteiger partial charge in [-0.05, 0) is 19.9 Å². The van der Waals surface area contributed by atoms with Gasteiger partial charge >= 0.3 is 0 Å². The topological polar surface area (TPSA) is 9.23 Å². The lowest BCUT2D eigenvalue weighted by atomic mass is 10.2. The van der Waals surface area contributed by atoms with Crippen molar-refractivity contribution < 1.29 is 4.74 Å². The van der Waals surface area contributed by atoms with Crippen LogP contribution in [-0.2, 0) is 0 Å². The van der Waals surface area contributed by atoms with Crippen LogP contribution in [0.5, 0.6) is 5.75 Å². The maximum absolute atomic E-state index is 5.41. The fourth-order valence-corrected chi connectivity index (χ4v) is 1.03. The van der Waals surface area contributed by atoms with E-state index in [1.807, 2.05) is 37.3 Å². The number of rotatable bonds is 3. The molecule has 1 heteroatoms. The minimum Gasteiger partial charge on any atom is -0.493 e. The van der Waals surface area contributed by atoms with Crippen LogP contribution in [0.3, 0.4) is 0 Å². The van der Waals surface area contributed by atoms with Crippen LogP contribution >= 0.6 is 0 Å². The lowest BCUT2D eigenvalue weighted by Crippen LogP contribution is -1.92. The van der Waals surface area contributed by atoms with Gasteiger partial charge in [0.2, 0.25) is 0 Å². The Morgan fingerprint density at radius 3 is 2.83 bits per heavy atom. The van der Waals surface area contributed by atoms with Crippen LogP contribution in [0.2, 0.25) is 0 Å². The van der Waals surface area contributed by atoms with Gasteiger partial charge in [0.05, 0.1) is 6.61 Å². The van der Waals surface area contributed by atoms with Crippen LogP contribution in [0.15, 0.2) is 30.3 Å². The first kappa shape index (κ1) is 8.85. The van der Waals surface area contributed by atoms with E-state index in [1.54, 1.807) is 6.08 Å². The minimum absolute atomic E-state index is 0.696. The van der Waals surface area contributed by atoms with Gasteiger partial charge in [0.1, 0.15) is 5.75 Å². The third-order valence-electron chi connectivity index (χ3n) is 1.52. The van der Waals surface area contributed by atoms with E-state index < -0.39 is 0 Å². The number of para-hydroxylation sites is 1. The van der Waals surface area contributed by atoms with Gasteiger partial charge in [0.15, 0.2) is 0 Å². The first-order chi connectivity index (χ1) is 5.88. The number of ether oxygens (including phenoxy) is 1. The highest BCUT2D eigenvalue weighted by molar-refractivity contribution is 5.57. The third kappa shape index (κ3) is 2.12. The third-order valence-corrected chi connectivity index (χ3v) is 1.52. The molecule has 0 spiro atoms. The van der Waals surface area contributed by atoms with E-state index in [9.17, 15) is 0 Å². The first-order valence-electron chi connectivity index (χ1n) is 4.06. The van der Waals surface area contributed by atoms with Gasteiger partial charge in [-0.25, -0.2) is 0 Å². The Kier molecular flexibility index (Phi) is 3.39. The Labute approximate surface area is 73.7 Å². The molecule has 0 aliphatic heterocycles. The van der Waals surface area contributed by atoms with Crippen molar-refractivity contribution in [3.05, 3.63) is 42.8 Å². The zero-order valence-corrected chi connectivity index (χ0v) is 7.29. The molecule has 1 nitrogen and oxygen atoms in total. The van der Waals surface area contributed by atoms with Crippen LogP contribution in [0.4, 0.5) is 0 Å². The van der Waals surface area contributed by atoms with E-state index in [0.29, 0.717) is 6.61 Å². The summed E-state index contributed by atoms with van der Waals surface area (Å²) < 4.78 is 5.41. The van der Waals surface area contributed by atoms with Gasteiger partial charge in [0, 0.05) is 5.56 Å². The maximum atomic E-state index is 5.41.